The Labute approximate surface area is 160 Å². The Hall–Kier alpha value is -2.91. The van der Waals surface area contributed by atoms with Crippen LogP contribution in [0.4, 0.5) is 11.6 Å². The third-order valence-corrected chi connectivity index (χ3v) is 5.86. The van der Waals surface area contributed by atoms with E-state index >= 15 is 0 Å². The Morgan fingerprint density at radius 3 is 2.52 bits per heavy atom. The number of hydrogen-bond donors (Lipinski definition) is 1. The third kappa shape index (κ3) is 3.15. The molecule has 3 heterocycles. The van der Waals surface area contributed by atoms with E-state index in [1.165, 1.54) is 6.20 Å². The van der Waals surface area contributed by atoms with Crippen molar-refractivity contribution >= 4 is 44.3 Å². The summed E-state index contributed by atoms with van der Waals surface area (Å²) in [5.41, 5.74) is 1.67. The van der Waals surface area contributed by atoms with Gasteiger partial charge in [-0.15, -0.1) is 0 Å². The lowest BCUT2D eigenvalue weighted by Gasteiger charge is -2.11. The van der Waals surface area contributed by atoms with Gasteiger partial charge in [0.05, 0.1) is 16.7 Å². The molecule has 0 aliphatic rings. The van der Waals surface area contributed by atoms with Crippen LogP contribution in [0.15, 0.2) is 53.9 Å². The predicted octanol–water partition coefficient (Wildman–Crippen LogP) is 3.11. The second-order valence-electron chi connectivity index (χ2n) is 6.05. The van der Waals surface area contributed by atoms with Crippen molar-refractivity contribution < 1.29 is 8.42 Å². The first-order valence-corrected chi connectivity index (χ1v) is 9.78. The molecule has 0 unspecified atom stereocenters. The van der Waals surface area contributed by atoms with Crippen LogP contribution < -0.4 is 5.32 Å². The summed E-state index contributed by atoms with van der Waals surface area (Å²) in [6, 6.07) is 8.22. The molecule has 1 aromatic carbocycles. The van der Waals surface area contributed by atoms with Gasteiger partial charge < -0.3 is 9.88 Å². The Kier molecular flexibility index (Phi) is 4.12. The van der Waals surface area contributed by atoms with Crippen molar-refractivity contribution in [2.24, 2.45) is 7.05 Å². The normalized spacial score (nSPS) is 11.8. The van der Waals surface area contributed by atoms with Gasteiger partial charge >= 0.3 is 0 Å². The van der Waals surface area contributed by atoms with E-state index in [1.807, 2.05) is 14.0 Å². The number of fused-ring (bicyclic) bond motifs is 1. The molecule has 3 aromatic heterocycles. The van der Waals surface area contributed by atoms with Crippen LogP contribution in [-0.2, 0) is 17.1 Å². The monoisotopic (exact) mass is 402 g/mol. The molecule has 0 bridgehead atoms. The summed E-state index contributed by atoms with van der Waals surface area (Å²) in [6.07, 6.45) is 4.79. The molecule has 0 spiro atoms. The molecule has 0 amide bonds. The molecule has 0 radical (unpaired) electrons. The van der Waals surface area contributed by atoms with Crippen molar-refractivity contribution in [3.63, 3.8) is 0 Å². The number of aromatic nitrogens is 5. The zero-order valence-electron chi connectivity index (χ0n) is 14.5. The number of nitrogens with one attached hydrogen (secondary N) is 1. The molecule has 8 nitrogen and oxygen atoms in total. The van der Waals surface area contributed by atoms with Gasteiger partial charge in [-0.1, -0.05) is 17.7 Å². The zero-order chi connectivity index (χ0) is 19.2. The second-order valence-corrected chi connectivity index (χ2v) is 8.21. The average molecular weight is 403 g/mol. The number of aryl methyl sites for hydroxylation is 2. The van der Waals surface area contributed by atoms with E-state index in [1.54, 1.807) is 47.4 Å². The summed E-state index contributed by atoms with van der Waals surface area (Å²) >= 11 is 6.01. The van der Waals surface area contributed by atoms with E-state index in [0.29, 0.717) is 16.9 Å². The number of imidazole rings is 1. The van der Waals surface area contributed by atoms with Gasteiger partial charge in [-0.3, -0.25) is 0 Å². The summed E-state index contributed by atoms with van der Waals surface area (Å²) < 4.78 is 29.2. The Balaban J connectivity index is 1.90. The second kappa shape index (κ2) is 6.36. The Morgan fingerprint density at radius 1 is 1.11 bits per heavy atom. The number of rotatable bonds is 4. The van der Waals surface area contributed by atoms with Gasteiger partial charge in [0.15, 0.2) is 5.82 Å². The van der Waals surface area contributed by atoms with E-state index in [0.717, 1.165) is 9.54 Å². The summed E-state index contributed by atoms with van der Waals surface area (Å²) in [5.74, 6) is 0.762. The average Bonchev–Trinajstić information content (AvgIpc) is 3.21. The van der Waals surface area contributed by atoms with E-state index in [9.17, 15) is 8.42 Å². The maximum Gasteiger partial charge on any atom is 0.268 e. The minimum atomic E-state index is -3.83. The summed E-state index contributed by atoms with van der Waals surface area (Å²) in [7, 11) is -2.01. The minimum Gasteiger partial charge on any atom is -0.338 e. The molecule has 27 heavy (non-hydrogen) atoms. The number of anilines is 2. The van der Waals surface area contributed by atoms with Gasteiger partial charge in [0.1, 0.15) is 11.3 Å². The molecule has 1 N–H and O–H groups in total. The number of halogens is 1. The van der Waals surface area contributed by atoms with Gasteiger partial charge in [0.2, 0.25) is 5.28 Å². The van der Waals surface area contributed by atoms with Crippen LogP contribution >= 0.6 is 11.6 Å². The quantitative estimate of drug-likeness (QED) is 0.527. The van der Waals surface area contributed by atoms with Crippen LogP contribution in [-0.4, -0.2) is 31.9 Å². The standard InChI is InChI=1S/C17H15ClN6O2S/c1-11-3-5-12(6-4-11)27(25,26)24-8-7-13-15(24)16(22-17(18)20-13)21-14-9-23(2)10-19-14/h3-10H,1-2H3,(H,20,21,22). The fourth-order valence-electron chi connectivity index (χ4n) is 2.70. The van der Waals surface area contributed by atoms with Crippen LogP contribution in [0.25, 0.3) is 11.0 Å². The number of benzene rings is 1. The first kappa shape index (κ1) is 17.5. The van der Waals surface area contributed by atoms with Crippen LogP contribution in [0, 0.1) is 6.92 Å². The Bertz CT molecular complexity index is 1240. The molecular formula is C17H15ClN6O2S. The maximum absolute atomic E-state index is 13.1. The van der Waals surface area contributed by atoms with Gasteiger partial charge in [0.25, 0.3) is 10.0 Å². The van der Waals surface area contributed by atoms with Crippen molar-refractivity contribution in [1.29, 1.82) is 0 Å². The van der Waals surface area contributed by atoms with Crippen molar-refractivity contribution in [3.8, 4) is 0 Å². The summed E-state index contributed by atoms with van der Waals surface area (Å²) in [4.78, 5) is 12.6. The topological polar surface area (TPSA) is 94.7 Å². The SMILES string of the molecule is Cc1ccc(S(=O)(=O)n2ccc3nc(Cl)nc(Nc4cn(C)cn4)c32)cc1. The first-order valence-electron chi connectivity index (χ1n) is 7.96. The molecule has 4 aromatic rings. The minimum absolute atomic E-state index is 0.00594. The maximum atomic E-state index is 13.1. The Morgan fingerprint density at radius 2 is 1.85 bits per heavy atom. The zero-order valence-corrected chi connectivity index (χ0v) is 16.0. The van der Waals surface area contributed by atoms with Gasteiger partial charge in [-0.2, -0.15) is 4.98 Å². The fraction of sp³-hybridized carbons (Fsp3) is 0.118. The lowest BCUT2D eigenvalue weighted by atomic mass is 10.2. The van der Waals surface area contributed by atoms with E-state index in [4.69, 9.17) is 11.6 Å². The molecule has 0 aliphatic heterocycles. The van der Waals surface area contributed by atoms with Crippen molar-refractivity contribution in [2.45, 2.75) is 11.8 Å². The molecule has 0 aliphatic carbocycles. The highest BCUT2D eigenvalue weighted by Gasteiger charge is 2.22. The third-order valence-electron chi connectivity index (χ3n) is 4.00. The molecule has 0 saturated heterocycles. The van der Waals surface area contributed by atoms with Crippen LogP contribution in [0.1, 0.15) is 5.56 Å². The molecule has 10 heteroatoms. The van der Waals surface area contributed by atoms with Gasteiger partial charge in [-0.05, 0) is 36.7 Å². The highest BCUT2D eigenvalue weighted by molar-refractivity contribution is 7.90. The summed E-state index contributed by atoms with van der Waals surface area (Å²) in [5, 5.41) is 3.02. The number of nitrogens with zero attached hydrogens (tertiary/aromatic N) is 5. The van der Waals surface area contributed by atoms with Gasteiger partial charge in [0, 0.05) is 19.4 Å². The molecule has 0 atom stereocenters. The van der Waals surface area contributed by atoms with Crippen LogP contribution in [0.3, 0.4) is 0 Å². The van der Waals surface area contributed by atoms with Crippen LogP contribution in [0.2, 0.25) is 5.28 Å². The van der Waals surface area contributed by atoms with E-state index in [-0.39, 0.29) is 16.0 Å². The van der Waals surface area contributed by atoms with Crippen molar-refractivity contribution in [2.75, 3.05) is 5.32 Å². The largest absolute Gasteiger partial charge is 0.338 e. The molecule has 138 valence electrons. The van der Waals surface area contributed by atoms with Crippen LogP contribution in [0.5, 0.6) is 0 Å². The molecule has 0 fully saturated rings. The van der Waals surface area contributed by atoms with Crippen molar-refractivity contribution in [1.82, 2.24) is 23.5 Å². The number of hydrogen-bond acceptors (Lipinski definition) is 6. The fourth-order valence-corrected chi connectivity index (χ4v) is 4.22. The highest BCUT2D eigenvalue weighted by Crippen LogP contribution is 2.29. The summed E-state index contributed by atoms with van der Waals surface area (Å²) in [6.45, 7) is 1.90. The highest BCUT2D eigenvalue weighted by atomic mass is 35.5. The van der Waals surface area contributed by atoms with Gasteiger partial charge in [-0.25, -0.2) is 22.4 Å². The first-order chi connectivity index (χ1) is 12.8. The molecular weight excluding hydrogens is 388 g/mol. The molecule has 0 saturated carbocycles. The smallest absolute Gasteiger partial charge is 0.268 e. The lowest BCUT2D eigenvalue weighted by Crippen LogP contribution is -2.13. The molecule has 4 rings (SSSR count). The predicted molar refractivity (Wildman–Crippen MR) is 103 cm³/mol. The van der Waals surface area contributed by atoms with E-state index < -0.39 is 10.0 Å². The van der Waals surface area contributed by atoms with Crippen molar-refractivity contribution in [3.05, 3.63) is 59.9 Å². The van der Waals surface area contributed by atoms with E-state index in [2.05, 4.69) is 20.3 Å². The lowest BCUT2D eigenvalue weighted by molar-refractivity contribution is 0.589.